The maximum absolute atomic E-state index is 12.8. The first-order valence-electron chi connectivity index (χ1n) is 8.40. The van der Waals surface area contributed by atoms with Gasteiger partial charge in [0.15, 0.2) is 0 Å². The molecule has 1 aromatic carbocycles. The second-order valence-electron chi connectivity index (χ2n) is 6.18. The van der Waals surface area contributed by atoms with Crippen LogP contribution in [0.15, 0.2) is 24.3 Å². The molecule has 2 aromatic rings. The molecule has 0 spiro atoms. The van der Waals surface area contributed by atoms with Crippen molar-refractivity contribution >= 4 is 40.7 Å². The Morgan fingerprint density at radius 2 is 1.76 bits per heavy atom. The van der Waals surface area contributed by atoms with Crippen LogP contribution in [0.5, 0.6) is 0 Å². The van der Waals surface area contributed by atoms with Crippen LogP contribution in [0.25, 0.3) is 0 Å². The summed E-state index contributed by atoms with van der Waals surface area (Å²) in [6.07, 6.45) is 4.45. The van der Waals surface area contributed by atoms with Gasteiger partial charge in [0.2, 0.25) is 5.95 Å². The van der Waals surface area contributed by atoms with Crippen LogP contribution in [0.3, 0.4) is 0 Å². The molecule has 1 amide bonds. The lowest BCUT2D eigenvalue weighted by Gasteiger charge is -2.20. The van der Waals surface area contributed by atoms with Gasteiger partial charge in [-0.05, 0) is 44.0 Å². The van der Waals surface area contributed by atoms with E-state index in [0.717, 1.165) is 31.6 Å². The van der Waals surface area contributed by atoms with Crippen LogP contribution < -0.4 is 5.32 Å². The van der Waals surface area contributed by atoms with E-state index in [1.807, 2.05) is 11.8 Å². The number of aryl methyl sites for hydroxylation is 1. The Labute approximate surface area is 157 Å². The number of likely N-dealkylation sites (tertiary alicyclic amines) is 1. The summed E-state index contributed by atoms with van der Waals surface area (Å²) in [5, 5.41) is 4.01. The van der Waals surface area contributed by atoms with Gasteiger partial charge in [-0.3, -0.25) is 4.79 Å². The molecule has 1 aliphatic rings. The highest BCUT2D eigenvalue weighted by Crippen LogP contribution is 2.26. The molecule has 1 aromatic heterocycles. The molecule has 0 atom stereocenters. The Kier molecular flexibility index (Phi) is 5.76. The molecule has 5 nitrogen and oxygen atoms in total. The highest BCUT2D eigenvalue weighted by atomic mass is 35.5. The Morgan fingerprint density at radius 3 is 2.44 bits per heavy atom. The van der Waals surface area contributed by atoms with E-state index in [0.29, 0.717) is 27.4 Å². The van der Waals surface area contributed by atoms with Crippen molar-refractivity contribution in [3.8, 4) is 0 Å². The number of nitrogens with zero attached hydrogens (tertiary/aromatic N) is 3. The van der Waals surface area contributed by atoms with Crippen molar-refractivity contribution in [1.29, 1.82) is 0 Å². The third kappa shape index (κ3) is 4.61. The molecule has 0 bridgehead atoms. The number of rotatable bonds is 3. The van der Waals surface area contributed by atoms with Gasteiger partial charge in [-0.25, -0.2) is 9.97 Å². The summed E-state index contributed by atoms with van der Waals surface area (Å²) in [5.74, 6) is 0.334. The zero-order valence-electron chi connectivity index (χ0n) is 14.1. The predicted octanol–water partition coefficient (Wildman–Crippen LogP) is 4.85. The normalized spacial score (nSPS) is 14.9. The average molecular weight is 379 g/mol. The van der Waals surface area contributed by atoms with Gasteiger partial charge >= 0.3 is 0 Å². The molecule has 0 unspecified atom stereocenters. The average Bonchev–Trinajstić information content (AvgIpc) is 2.86. The third-order valence-electron chi connectivity index (χ3n) is 4.14. The predicted molar refractivity (Wildman–Crippen MR) is 101 cm³/mol. The Bertz CT molecular complexity index is 774. The highest BCUT2D eigenvalue weighted by molar-refractivity contribution is 6.42. The van der Waals surface area contributed by atoms with E-state index in [2.05, 4.69) is 15.3 Å². The first kappa shape index (κ1) is 18.0. The fourth-order valence-electron chi connectivity index (χ4n) is 2.87. The zero-order valence-corrected chi connectivity index (χ0v) is 15.6. The SMILES string of the molecule is Cc1cc(C(=O)N2CCCCCC2)nc(Nc2ccc(Cl)c(Cl)c2)n1. The van der Waals surface area contributed by atoms with Crippen LogP contribution >= 0.6 is 23.2 Å². The summed E-state index contributed by atoms with van der Waals surface area (Å²) in [4.78, 5) is 23.4. The second-order valence-corrected chi connectivity index (χ2v) is 6.99. The van der Waals surface area contributed by atoms with E-state index in [1.165, 1.54) is 12.8 Å². The van der Waals surface area contributed by atoms with Crippen molar-refractivity contribution in [2.24, 2.45) is 0 Å². The smallest absolute Gasteiger partial charge is 0.272 e. The Balaban J connectivity index is 1.82. The van der Waals surface area contributed by atoms with Crippen LogP contribution in [0, 0.1) is 6.92 Å². The number of benzene rings is 1. The van der Waals surface area contributed by atoms with E-state index in [4.69, 9.17) is 23.2 Å². The monoisotopic (exact) mass is 378 g/mol. The maximum Gasteiger partial charge on any atom is 0.272 e. The summed E-state index contributed by atoms with van der Waals surface area (Å²) >= 11 is 12.0. The summed E-state index contributed by atoms with van der Waals surface area (Å²) in [7, 11) is 0. The molecular weight excluding hydrogens is 359 g/mol. The number of amides is 1. The van der Waals surface area contributed by atoms with Crippen molar-refractivity contribution in [2.45, 2.75) is 32.6 Å². The molecule has 1 saturated heterocycles. The molecule has 0 saturated carbocycles. The first-order valence-corrected chi connectivity index (χ1v) is 9.15. The van der Waals surface area contributed by atoms with Crippen molar-refractivity contribution in [3.05, 3.63) is 45.7 Å². The van der Waals surface area contributed by atoms with Crippen LogP contribution in [0.4, 0.5) is 11.6 Å². The van der Waals surface area contributed by atoms with Crippen LogP contribution in [-0.4, -0.2) is 33.9 Å². The Morgan fingerprint density at radius 1 is 1.04 bits per heavy atom. The lowest BCUT2D eigenvalue weighted by Crippen LogP contribution is -2.32. The van der Waals surface area contributed by atoms with Crippen molar-refractivity contribution in [2.75, 3.05) is 18.4 Å². The number of nitrogens with one attached hydrogen (secondary N) is 1. The molecule has 0 radical (unpaired) electrons. The summed E-state index contributed by atoms with van der Waals surface area (Å²) < 4.78 is 0. The van der Waals surface area contributed by atoms with Gasteiger partial charge < -0.3 is 10.2 Å². The van der Waals surface area contributed by atoms with Crippen molar-refractivity contribution in [3.63, 3.8) is 0 Å². The molecule has 7 heteroatoms. The first-order chi connectivity index (χ1) is 12.0. The molecule has 0 aliphatic carbocycles. The summed E-state index contributed by atoms with van der Waals surface area (Å²) in [5.41, 5.74) is 1.86. The van der Waals surface area contributed by atoms with Crippen molar-refractivity contribution in [1.82, 2.24) is 14.9 Å². The fourth-order valence-corrected chi connectivity index (χ4v) is 3.17. The molecule has 2 heterocycles. The van der Waals surface area contributed by atoms with E-state index < -0.39 is 0 Å². The second kappa shape index (κ2) is 8.02. The van der Waals surface area contributed by atoms with Crippen LogP contribution in [0.2, 0.25) is 10.0 Å². The van der Waals surface area contributed by atoms with Gasteiger partial charge in [0, 0.05) is 24.5 Å². The topological polar surface area (TPSA) is 58.1 Å². The number of carbonyl (C=O) groups is 1. The summed E-state index contributed by atoms with van der Waals surface area (Å²) in [6.45, 7) is 3.43. The molecule has 3 rings (SSSR count). The fraction of sp³-hybridized carbons (Fsp3) is 0.389. The standard InChI is InChI=1S/C18H20Cl2N4O/c1-12-10-16(17(25)24-8-4-2-3-5-9-24)23-18(21-12)22-13-6-7-14(19)15(20)11-13/h6-7,10-11H,2-5,8-9H2,1H3,(H,21,22,23). The Hall–Kier alpha value is -1.85. The zero-order chi connectivity index (χ0) is 17.8. The summed E-state index contributed by atoms with van der Waals surface area (Å²) in [6, 6.07) is 6.92. The minimum atomic E-state index is -0.0374. The van der Waals surface area contributed by atoms with Crippen LogP contribution in [-0.2, 0) is 0 Å². The highest BCUT2D eigenvalue weighted by Gasteiger charge is 2.19. The molecule has 132 valence electrons. The number of halogens is 2. The number of aromatic nitrogens is 2. The van der Waals surface area contributed by atoms with E-state index in [1.54, 1.807) is 24.3 Å². The number of anilines is 2. The maximum atomic E-state index is 12.8. The number of hydrogen-bond donors (Lipinski definition) is 1. The van der Waals surface area contributed by atoms with E-state index in [9.17, 15) is 4.79 Å². The van der Waals surface area contributed by atoms with Gasteiger partial charge in [-0.1, -0.05) is 36.0 Å². The molecule has 1 fully saturated rings. The number of carbonyl (C=O) groups excluding carboxylic acids is 1. The lowest BCUT2D eigenvalue weighted by atomic mass is 10.2. The van der Waals surface area contributed by atoms with Crippen molar-refractivity contribution < 1.29 is 4.79 Å². The third-order valence-corrected chi connectivity index (χ3v) is 4.88. The van der Waals surface area contributed by atoms with Gasteiger partial charge in [-0.2, -0.15) is 0 Å². The van der Waals surface area contributed by atoms with Gasteiger partial charge in [0.1, 0.15) is 5.69 Å². The quantitative estimate of drug-likeness (QED) is 0.828. The van der Waals surface area contributed by atoms with Gasteiger partial charge in [0.05, 0.1) is 10.0 Å². The molecular formula is C18H20Cl2N4O. The molecule has 1 N–H and O–H groups in total. The largest absolute Gasteiger partial charge is 0.337 e. The van der Waals surface area contributed by atoms with E-state index in [-0.39, 0.29) is 5.91 Å². The van der Waals surface area contributed by atoms with Gasteiger partial charge in [-0.15, -0.1) is 0 Å². The minimum Gasteiger partial charge on any atom is -0.337 e. The van der Waals surface area contributed by atoms with Crippen LogP contribution in [0.1, 0.15) is 41.9 Å². The minimum absolute atomic E-state index is 0.0374. The number of hydrogen-bond acceptors (Lipinski definition) is 4. The molecule has 1 aliphatic heterocycles. The lowest BCUT2D eigenvalue weighted by molar-refractivity contribution is 0.0755. The molecule has 25 heavy (non-hydrogen) atoms. The van der Waals surface area contributed by atoms with E-state index >= 15 is 0 Å². The van der Waals surface area contributed by atoms with Gasteiger partial charge in [0.25, 0.3) is 5.91 Å².